The Labute approximate surface area is 103 Å². The first-order valence-corrected chi connectivity index (χ1v) is 4.84. The van der Waals surface area contributed by atoms with Gasteiger partial charge in [0.15, 0.2) is 0 Å². The molecule has 0 fully saturated rings. The molecule has 18 heavy (non-hydrogen) atoms. The Hall–Kier alpha value is -0.930. The number of rotatable bonds is 1. The highest BCUT2D eigenvalue weighted by Gasteiger charge is 2.61. The topological polar surface area (TPSA) is 12.9 Å². The maximum absolute atomic E-state index is 13.0. The van der Waals surface area contributed by atoms with E-state index in [0.29, 0.717) is 0 Å². The van der Waals surface area contributed by atoms with Gasteiger partial charge >= 0.3 is 18.3 Å². The molecule has 102 valence electrons. The van der Waals surface area contributed by atoms with Gasteiger partial charge < -0.3 is 0 Å². The molecule has 1 aromatic rings. The highest BCUT2D eigenvalue weighted by atomic mass is 79.9. The molecular weight excluding hydrogens is 342 g/mol. The second kappa shape index (κ2) is 4.32. The van der Waals surface area contributed by atoms with Crippen LogP contribution in [0.3, 0.4) is 0 Å². The minimum Gasteiger partial charge on any atom is -0.249 e. The van der Waals surface area contributed by atoms with Crippen LogP contribution >= 0.6 is 15.9 Å². The number of aromatic nitrogens is 1. The van der Waals surface area contributed by atoms with Crippen LogP contribution in [0.25, 0.3) is 0 Å². The zero-order valence-electron chi connectivity index (χ0n) is 8.00. The van der Waals surface area contributed by atoms with E-state index in [4.69, 9.17) is 0 Å². The van der Waals surface area contributed by atoms with Gasteiger partial charge in [-0.15, -0.1) is 0 Å². The summed E-state index contributed by atoms with van der Waals surface area (Å²) in [6, 6.07) is -0.00366. The van der Waals surface area contributed by atoms with Gasteiger partial charge in [0.05, 0.1) is 5.56 Å². The van der Waals surface area contributed by atoms with Crippen LogP contribution in [0.1, 0.15) is 11.1 Å². The van der Waals surface area contributed by atoms with E-state index in [2.05, 4.69) is 20.9 Å². The molecule has 0 amide bonds. The lowest BCUT2D eigenvalue weighted by Gasteiger charge is -2.23. The molecule has 0 N–H and O–H groups in total. The molecule has 0 radical (unpaired) electrons. The van der Waals surface area contributed by atoms with Crippen molar-refractivity contribution in [2.75, 3.05) is 0 Å². The minimum atomic E-state index is -6.13. The Balaban J connectivity index is 3.53. The number of pyridine rings is 1. The summed E-state index contributed by atoms with van der Waals surface area (Å²) in [5, 5.41) is 0. The third-order valence-electron chi connectivity index (χ3n) is 1.87. The highest BCUT2D eigenvalue weighted by molar-refractivity contribution is 9.10. The van der Waals surface area contributed by atoms with Crippen molar-refractivity contribution >= 4 is 15.9 Å². The summed E-state index contributed by atoms with van der Waals surface area (Å²) in [5.74, 6) is -5.62. The second-order valence-corrected chi connectivity index (χ2v) is 3.93. The predicted molar refractivity (Wildman–Crippen MR) is 46.9 cm³/mol. The summed E-state index contributed by atoms with van der Waals surface area (Å²) >= 11 is 2.44. The summed E-state index contributed by atoms with van der Waals surface area (Å²) in [6.45, 7) is 0. The van der Waals surface area contributed by atoms with Crippen LogP contribution in [0.15, 0.2) is 16.9 Å². The Morgan fingerprint density at radius 3 is 1.78 bits per heavy atom. The standard InChI is InChI=1S/C8H2BrF8N/c9-5-1-3(6(10,11)8(15,16)17)4(2-18-5)7(12,13)14/h1-2H. The SMILES string of the molecule is FC(F)(F)c1cnc(Br)cc1C(F)(F)C(F)(F)F. The molecule has 0 spiro atoms. The fourth-order valence-electron chi connectivity index (χ4n) is 1.07. The van der Waals surface area contributed by atoms with Crippen molar-refractivity contribution in [3.05, 3.63) is 28.0 Å². The largest absolute Gasteiger partial charge is 0.458 e. The van der Waals surface area contributed by atoms with Crippen molar-refractivity contribution in [3.63, 3.8) is 0 Å². The number of hydrogen-bond acceptors (Lipinski definition) is 1. The van der Waals surface area contributed by atoms with E-state index < -0.39 is 34.0 Å². The Kier molecular flexibility index (Phi) is 3.63. The van der Waals surface area contributed by atoms with Crippen LogP contribution in [0.2, 0.25) is 0 Å². The lowest BCUT2D eigenvalue weighted by molar-refractivity contribution is -0.291. The van der Waals surface area contributed by atoms with Crippen molar-refractivity contribution in [1.82, 2.24) is 4.98 Å². The van der Waals surface area contributed by atoms with Gasteiger partial charge in [0, 0.05) is 11.8 Å². The molecular formula is C8H2BrF8N. The maximum atomic E-state index is 13.0. The maximum Gasteiger partial charge on any atom is 0.458 e. The molecule has 1 rings (SSSR count). The van der Waals surface area contributed by atoms with Crippen molar-refractivity contribution in [2.24, 2.45) is 0 Å². The molecule has 0 aliphatic heterocycles. The normalized spacial score (nSPS) is 13.8. The molecule has 0 atom stereocenters. The molecule has 0 saturated heterocycles. The van der Waals surface area contributed by atoms with Crippen LogP contribution in [0.5, 0.6) is 0 Å². The summed E-state index contributed by atoms with van der Waals surface area (Å²) in [7, 11) is 0. The van der Waals surface area contributed by atoms with Gasteiger partial charge in [0.1, 0.15) is 4.60 Å². The smallest absolute Gasteiger partial charge is 0.249 e. The quantitative estimate of drug-likeness (QED) is 0.539. The zero-order valence-corrected chi connectivity index (χ0v) is 9.59. The summed E-state index contributed by atoms with van der Waals surface area (Å²) in [5.41, 5.74) is -4.32. The van der Waals surface area contributed by atoms with E-state index in [1.807, 2.05) is 0 Å². The lowest BCUT2D eigenvalue weighted by Crippen LogP contribution is -2.35. The molecule has 0 saturated carbocycles. The first-order valence-electron chi connectivity index (χ1n) is 4.05. The van der Waals surface area contributed by atoms with Crippen LogP contribution in [-0.4, -0.2) is 11.2 Å². The molecule has 0 aliphatic carbocycles. The fraction of sp³-hybridized carbons (Fsp3) is 0.375. The van der Waals surface area contributed by atoms with Crippen molar-refractivity contribution in [1.29, 1.82) is 0 Å². The lowest BCUT2D eigenvalue weighted by atomic mass is 10.0. The van der Waals surface area contributed by atoms with Gasteiger partial charge in [-0.3, -0.25) is 0 Å². The van der Waals surface area contributed by atoms with Crippen molar-refractivity contribution < 1.29 is 35.1 Å². The zero-order chi connectivity index (χ0) is 14.4. The van der Waals surface area contributed by atoms with Crippen molar-refractivity contribution in [3.8, 4) is 0 Å². The Morgan fingerprint density at radius 1 is 0.889 bits per heavy atom. The second-order valence-electron chi connectivity index (χ2n) is 3.12. The van der Waals surface area contributed by atoms with Gasteiger partial charge in [-0.1, -0.05) is 0 Å². The predicted octanol–water partition coefficient (Wildman–Crippen LogP) is 4.52. The highest BCUT2D eigenvalue weighted by Crippen LogP contribution is 2.48. The van der Waals surface area contributed by atoms with Gasteiger partial charge in [0.25, 0.3) is 0 Å². The van der Waals surface area contributed by atoms with E-state index in [1.165, 1.54) is 0 Å². The average molecular weight is 344 g/mol. The monoisotopic (exact) mass is 343 g/mol. The molecule has 0 aliphatic rings. The summed E-state index contributed by atoms with van der Waals surface area (Å²) < 4.78 is 98.6. The average Bonchev–Trinajstić information content (AvgIpc) is 2.13. The van der Waals surface area contributed by atoms with Crippen LogP contribution in [0, 0.1) is 0 Å². The van der Waals surface area contributed by atoms with E-state index in [-0.39, 0.29) is 12.3 Å². The Morgan fingerprint density at radius 2 is 1.39 bits per heavy atom. The van der Waals surface area contributed by atoms with Crippen LogP contribution in [0.4, 0.5) is 35.1 Å². The van der Waals surface area contributed by atoms with E-state index in [9.17, 15) is 35.1 Å². The number of nitrogens with zero attached hydrogens (tertiary/aromatic N) is 1. The molecule has 1 aromatic heterocycles. The molecule has 0 aromatic carbocycles. The van der Waals surface area contributed by atoms with Gasteiger partial charge in [0.2, 0.25) is 0 Å². The van der Waals surface area contributed by atoms with E-state index in [1.54, 1.807) is 0 Å². The van der Waals surface area contributed by atoms with Gasteiger partial charge in [-0.2, -0.15) is 35.1 Å². The summed E-state index contributed by atoms with van der Waals surface area (Å²) in [6.07, 6.45) is -11.6. The minimum absolute atomic E-state index is 0.00366. The molecule has 1 heterocycles. The first kappa shape index (κ1) is 15.1. The molecule has 0 unspecified atom stereocenters. The molecule has 0 bridgehead atoms. The number of halogens is 9. The van der Waals surface area contributed by atoms with E-state index >= 15 is 0 Å². The van der Waals surface area contributed by atoms with E-state index in [0.717, 1.165) is 0 Å². The summed E-state index contributed by atoms with van der Waals surface area (Å²) in [4.78, 5) is 3.00. The molecule has 1 nitrogen and oxygen atoms in total. The fourth-order valence-corrected chi connectivity index (χ4v) is 1.40. The van der Waals surface area contributed by atoms with Gasteiger partial charge in [-0.25, -0.2) is 4.98 Å². The van der Waals surface area contributed by atoms with Crippen LogP contribution < -0.4 is 0 Å². The third kappa shape index (κ3) is 2.73. The Bertz CT molecular complexity index is 449. The van der Waals surface area contributed by atoms with Crippen LogP contribution in [-0.2, 0) is 12.1 Å². The van der Waals surface area contributed by atoms with Crippen molar-refractivity contribution in [2.45, 2.75) is 18.3 Å². The third-order valence-corrected chi connectivity index (χ3v) is 2.30. The number of hydrogen-bond donors (Lipinski definition) is 0. The molecule has 10 heteroatoms. The number of alkyl halides is 8. The van der Waals surface area contributed by atoms with Gasteiger partial charge in [-0.05, 0) is 22.0 Å². The first-order chi connectivity index (χ1) is 7.87.